The molecular weight excluding hydrogens is 301 g/mol. The Balaban J connectivity index is 2.07. The van der Waals surface area contributed by atoms with Gasteiger partial charge in [-0.05, 0) is 36.6 Å². The minimum absolute atomic E-state index is 0.0352. The van der Waals surface area contributed by atoms with Crippen LogP contribution in [0.3, 0.4) is 0 Å². The molecular formula is C13H15BrFNO2. The number of hydrogen-bond donors (Lipinski definition) is 1. The first-order chi connectivity index (χ1) is 8.61. The summed E-state index contributed by atoms with van der Waals surface area (Å²) in [6.45, 7) is 0.322. The monoisotopic (exact) mass is 315 g/mol. The zero-order chi connectivity index (χ0) is 13.1. The fourth-order valence-electron chi connectivity index (χ4n) is 1.95. The number of hydrogen-bond acceptors (Lipinski definition) is 2. The maximum Gasteiger partial charge on any atom is 0.227 e. The van der Waals surface area contributed by atoms with E-state index in [4.69, 9.17) is 5.11 Å². The fourth-order valence-corrected chi connectivity index (χ4v) is 2.33. The van der Waals surface area contributed by atoms with Crippen molar-refractivity contribution in [3.05, 3.63) is 34.1 Å². The van der Waals surface area contributed by atoms with Crippen molar-refractivity contribution >= 4 is 21.8 Å². The number of rotatable bonds is 5. The third kappa shape index (κ3) is 3.29. The minimum atomic E-state index is -0.346. The van der Waals surface area contributed by atoms with Crippen LogP contribution in [0.25, 0.3) is 0 Å². The molecule has 0 bridgehead atoms. The van der Waals surface area contributed by atoms with E-state index in [1.54, 1.807) is 11.0 Å². The van der Waals surface area contributed by atoms with E-state index >= 15 is 0 Å². The molecule has 0 radical (unpaired) electrons. The number of nitrogens with zero attached hydrogens (tertiary/aromatic N) is 1. The van der Waals surface area contributed by atoms with Gasteiger partial charge < -0.3 is 10.0 Å². The molecule has 1 aromatic carbocycles. The lowest BCUT2D eigenvalue weighted by Gasteiger charge is -2.21. The van der Waals surface area contributed by atoms with Crippen LogP contribution in [-0.4, -0.2) is 35.1 Å². The van der Waals surface area contributed by atoms with Crippen molar-refractivity contribution in [1.82, 2.24) is 4.90 Å². The zero-order valence-corrected chi connectivity index (χ0v) is 11.5. The zero-order valence-electron chi connectivity index (χ0n) is 9.90. The summed E-state index contributed by atoms with van der Waals surface area (Å²) in [6.07, 6.45) is 2.15. The first-order valence-corrected chi connectivity index (χ1v) is 6.75. The molecule has 0 spiro atoms. The molecule has 0 unspecified atom stereocenters. The molecule has 0 heterocycles. The highest BCUT2D eigenvalue weighted by atomic mass is 79.9. The van der Waals surface area contributed by atoms with Gasteiger partial charge in [-0.15, -0.1) is 0 Å². The lowest BCUT2D eigenvalue weighted by Crippen LogP contribution is -2.36. The van der Waals surface area contributed by atoms with E-state index in [0.29, 0.717) is 12.1 Å². The van der Waals surface area contributed by atoms with Crippen LogP contribution in [0.2, 0.25) is 0 Å². The van der Waals surface area contributed by atoms with E-state index in [9.17, 15) is 9.18 Å². The lowest BCUT2D eigenvalue weighted by molar-refractivity contribution is -0.131. The summed E-state index contributed by atoms with van der Waals surface area (Å²) in [5.41, 5.74) is 0.642. The molecule has 0 saturated heterocycles. The summed E-state index contributed by atoms with van der Waals surface area (Å²) in [5.74, 6) is -0.404. The van der Waals surface area contributed by atoms with Gasteiger partial charge in [-0.3, -0.25) is 4.79 Å². The Morgan fingerprint density at radius 2 is 2.22 bits per heavy atom. The standard InChI is InChI=1S/C13H15BrFNO2/c14-12-4-1-10(15)7-9(12)8-13(18)16(5-6-17)11-2-3-11/h1,4,7,11,17H,2-3,5-6,8H2. The third-order valence-electron chi connectivity index (χ3n) is 3.00. The average molecular weight is 316 g/mol. The van der Waals surface area contributed by atoms with Gasteiger partial charge in [0, 0.05) is 17.1 Å². The summed E-state index contributed by atoms with van der Waals surface area (Å²) in [7, 11) is 0. The van der Waals surface area contributed by atoms with Crippen molar-refractivity contribution in [3.8, 4) is 0 Å². The molecule has 1 amide bonds. The molecule has 0 atom stereocenters. The Bertz CT molecular complexity index is 449. The Morgan fingerprint density at radius 3 is 2.83 bits per heavy atom. The average Bonchev–Trinajstić information content (AvgIpc) is 3.14. The van der Waals surface area contributed by atoms with Gasteiger partial charge in [-0.2, -0.15) is 0 Å². The van der Waals surface area contributed by atoms with Gasteiger partial charge >= 0.3 is 0 Å². The second kappa shape index (κ2) is 5.80. The number of aliphatic hydroxyl groups excluding tert-OH is 1. The van der Waals surface area contributed by atoms with Gasteiger partial charge in [0.2, 0.25) is 5.91 Å². The quantitative estimate of drug-likeness (QED) is 0.904. The normalized spacial score (nSPS) is 14.6. The number of carbonyl (C=O) groups is 1. The van der Waals surface area contributed by atoms with Gasteiger partial charge in [0.05, 0.1) is 13.0 Å². The summed E-state index contributed by atoms with van der Waals surface area (Å²) in [5, 5.41) is 8.96. The molecule has 1 aromatic rings. The van der Waals surface area contributed by atoms with E-state index in [1.165, 1.54) is 12.1 Å². The van der Waals surface area contributed by atoms with Crippen molar-refractivity contribution in [2.24, 2.45) is 0 Å². The number of aliphatic hydroxyl groups is 1. The van der Waals surface area contributed by atoms with E-state index < -0.39 is 0 Å². The SMILES string of the molecule is O=C(Cc1cc(F)ccc1Br)N(CCO)C1CC1. The summed E-state index contributed by atoms with van der Waals surface area (Å²) < 4.78 is 13.9. The van der Waals surface area contributed by atoms with E-state index in [0.717, 1.165) is 17.3 Å². The predicted octanol–water partition coefficient (Wildman–Crippen LogP) is 2.11. The van der Waals surface area contributed by atoms with E-state index in [2.05, 4.69) is 15.9 Å². The van der Waals surface area contributed by atoms with Crippen molar-refractivity contribution in [2.75, 3.05) is 13.2 Å². The lowest BCUT2D eigenvalue weighted by atomic mass is 10.1. The van der Waals surface area contributed by atoms with Crippen LogP contribution in [0.15, 0.2) is 22.7 Å². The topological polar surface area (TPSA) is 40.5 Å². The van der Waals surface area contributed by atoms with Gasteiger partial charge in [-0.25, -0.2) is 4.39 Å². The first kappa shape index (κ1) is 13.5. The number of halogens is 2. The van der Waals surface area contributed by atoms with Crippen molar-refractivity contribution in [2.45, 2.75) is 25.3 Å². The van der Waals surface area contributed by atoms with Crippen molar-refractivity contribution in [3.63, 3.8) is 0 Å². The number of benzene rings is 1. The second-order valence-corrected chi connectivity index (χ2v) is 5.31. The molecule has 1 N–H and O–H groups in total. The Morgan fingerprint density at radius 1 is 1.50 bits per heavy atom. The third-order valence-corrected chi connectivity index (χ3v) is 3.77. The molecule has 0 aromatic heterocycles. The molecule has 2 rings (SSSR count). The van der Waals surface area contributed by atoms with Crippen LogP contribution >= 0.6 is 15.9 Å². The molecule has 0 aliphatic heterocycles. The Labute approximate surface area is 114 Å². The van der Waals surface area contributed by atoms with Crippen LogP contribution in [-0.2, 0) is 11.2 Å². The van der Waals surface area contributed by atoms with Gasteiger partial charge in [0.1, 0.15) is 5.82 Å². The fraction of sp³-hybridized carbons (Fsp3) is 0.462. The van der Waals surface area contributed by atoms with E-state index in [1.807, 2.05) is 0 Å². The number of carbonyl (C=O) groups excluding carboxylic acids is 1. The minimum Gasteiger partial charge on any atom is -0.395 e. The predicted molar refractivity (Wildman–Crippen MR) is 69.6 cm³/mol. The van der Waals surface area contributed by atoms with Gasteiger partial charge in [0.15, 0.2) is 0 Å². The van der Waals surface area contributed by atoms with Crippen molar-refractivity contribution in [1.29, 1.82) is 0 Å². The molecule has 1 aliphatic carbocycles. The largest absolute Gasteiger partial charge is 0.395 e. The molecule has 98 valence electrons. The first-order valence-electron chi connectivity index (χ1n) is 5.96. The summed E-state index contributed by atoms with van der Waals surface area (Å²) >= 11 is 3.31. The summed E-state index contributed by atoms with van der Waals surface area (Å²) in [6, 6.07) is 4.58. The Hall–Kier alpha value is -0.940. The van der Waals surface area contributed by atoms with Gasteiger partial charge in [0.25, 0.3) is 0 Å². The Kier molecular flexibility index (Phi) is 4.35. The highest BCUT2D eigenvalue weighted by Gasteiger charge is 2.32. The molecule has 18 heavy (non-hydrogen) atoms. The van der Waals surface area contributed by atoms with Crippen LogP contribution in [0.5, 0.6) is 0 Å². The van der Waals surface area contributed by atoms with Crippen LogP contribution in [0, 0.1) is 5.82 Å². The molecule has 1 aliphatic rings. The van der Waals surface area contributed by atoms with Crippen LogP contribution in [0.1, 0.15) is 18.4 Å². The maximum absolute atomic E-state index is 13.1. The van der Waals surface area contributed by atoms with Gasteiger partial charge in [-0.1, -0.05) is 15.9 Å². The molecule has 1 saturated carbocycles. The number of amides is 1. The maximum atomic E-state index is 13.1. The van der Waals surface area contributed by atoms with E-state index in [-0.39, 0.29) is 30.8 Å². The summed E-state index contributed by atoms with van der Waals surface area (Å²) in [4.78, 5) is 13.8. The van der Waals surface area contributed by atoms with Crippen molar-refractivity contribution < 1.29 is 14.3 Å². The van der Waals surface area contributed by atoms with Crippen LogP contribution < -0.4 is 0 Å². The van der Waals surface area contributed by atoms with Crippen LogP contribution in [0.4, 0.5) is 4.39 Å². The highest BCUT2D eigenvalue weighted by Crippen LogP contribution is 2.28. The second-order valence-electron chi connectivity index (χ2n) is 4.45. The molecule has 1 fully saturated rings. The smallest absolute Gasteiger partial charge is 0.227 e. The molecule has 5 heteroatoms. The molecule has 3 nitrogen and oxygen atoms in total. The highest BCUT2D eigenvalue weighted by molar-refractivity contribution is 9.10.